The molecule has 140 valence electrons. The van der Waals surface area contributed by atoms with Gasteiger partial charge in [0.15, 0.2) is 11.3 Å². The number of Topliss-reactive ketones (excluding diaryl/α,β-unsaturated/α-hetero) is 1. The zero-order valence-electron chi connectivity index (χ0n) is 15.2. The van der Waals surface area contributed by atoms with Crippen molar-refractivity contribution in [3.8, 4) is 0 Å². The normalized spacial score (nSPS) is 15.4. The number of allylic oxidation sites excluding steroid dienone is 1. The highest BCUT2D eigenvalue weighted by molar-refractivity contribution is 6.26. The van der Waals surface area contributed by atoms with Crippen LogP contribution >= 0.6 is 0 Å². The van der Waals surface area contributed by atoms with Crippen LogP contribution in [0.5, 0.6) is 0 Å². The molecule has 4 rings (SSSR count). The summed E-state index contributed by atoms with van der Waals surface area (Å²) >= 11 is 0. The van der Waals surface area contributed by atoms with E-state index in [1.807, 2.05) is 38.1 Å². The number of benzene rings is 1. The van der Waals surface area contributed by atoms with E-state index in [1.54, 1.807) is 18.5 Å². The Hall–Kier alpha value is -3.87. The number of aryl methyl sites for hydroxylation is 2. The Morgan fingerprint density at radius 2 is 2.11 bits per heavy atom. The van der Waals surface area contributed by atoms with Crippen LogP contribution in [0.15, 0.2) is 59.9 Å². The molecule has 0 saturated heterocycles. The number of hydrogen-bond acceptors (Lipinski definition) is 5. The fourth-order valence-electron chi connectivity index (χ4n) is 3.12. The number of carboxylic acid groups (broad SMARTS) is 1. The maximum absolute atomic E-state index is 12.7. The number of anilines is 1. The lowest BCUT2D eigenvalue weighted by molar-refractivity contribution is -0.134. The molecule has 2 aromatic heterocycles. The van der Waals surface area contributed by atoms with Gasteiger partial charge in [-0.2, -0.15) is 0 Å². The van der Waals surface area contributed by atoms with Crippen molar-refractivity contribution in [2.24, 2.45) is 0 Å². The number of ether oxygens (including phenoxy) is 1. The van der Waals surface area contributed by atoms with Crippen LogP contribution < -0.4 is 5.32 Å². The molecule has 3 aromatic rings. The molecule has 28 heavy (non-hydrogen) atoms. The maximum atomic E-state index is 12.7. The third-order valence-electron chi connectivity index (χ3n) is 4.50. The summed E-state index contributed by atoms with van der Waals surface area (Å²) in [5.41, 5.74) is 3.58. The monoisotopic (exact) mass is 375 g/mol. The van der Waals surface area contributed by atoms with E-state index in [9.17, 15) is 14.7 Å². The number of ketones is 1. The molecule has 0 radical (unpaired) electrons. The predicted molar refractivity (Wildman–Crippen MR) is 104 cm³/mol. The van der Waals surface area contributed by atoms with E-state index < -0.39 is 17.3 Å². The predicted octanol–water partition coefficient (Wildman–Crippen LogP) is 3.53. The van der Waals surface area contributed by atoms with Crippen LogP contribution in [0.4, 0.5) is 5.69 Å². The molecule has 0 spiro atoms. The van der Waals surface area contributed by atoms with Crippen molar-refractivity contribution in [2.45, 2.75) is 13.8 Å². The number of nitrogens with zero attached hydrogens (tertiary/aromatic N) is 1. The average Bonchev–Trinajstić information content (AvgIpc) is 3.19. The molecule has 7 heteroatoms. The molecule has 1 aromatic carbocycles. The van der Waals surface area contributed by atoms with Crippen LogP contribution in [0, 0.1) is 13.8 Å². The highest BCUT2D eigenvalue weighted by Crippen LogP contribution is 2.30. The molecule has 3 N–H and O–H groups in total. The number of carbonyl (C=O) groups excluding carboxylic acids is 1. The number of aromatic nitrogens is 2. The van der Waals surface area contributed by atoms with E-state index in [0.29, 0.717) is 16.9 Å². The summed E-state index contributed by atoms with van der Waals surface area (Å²) in [7, 11) is 0. The van der Waals surface area contributed by atoms with Gasteiger partial charge in [0.1, 0.15) is 5.65 Å². The van der Waals surface area contributed by atoms with E-state index in [0.717, 1.165) is 16.5 Å². The van der Waals surface area contributed by atoms with Gasteiger partial charge in [-0.1, -0.05) is 17.7 Å². The van der Waals surface area contributed by atoms with Crippen molar-refractivity contribution in [3.05, 3.63) is 76.6 Å². The highest BCUT2D eigenvalue weighted by Gasteiger charge is 2.36. The molecule has 0 atom stereocenters. The zero-order chi connectivity index (χ0) is 19.8. The first kappa shape index (κ1) is 17.5. The largest absolute Gasteiger partial charge is 0.477 e. The van der Waals surface area contributed by atoms with Gasteiger partial charge in [-0.05, 0) is 43.7 Å². The van der Waals surface area contributed by atoms with E-state index in [-0.39, 0.29) is 11.6 Å². The number of fused-ring (bicyclic) bond motifs is 1. The van der Waals surface area contributed by atoms with Gasteiger partial charge in [-0.15, -0.1) is 0 Å². The maximum Gasteiger partial charge on any atom is 0.345 e. The Bertz CT molecular complexity index is 1190. The first-order chi connectivity index (χ1) is 13.4. The lowest BCUT2D eigenvalue weighted by atomic mass is 10.1. The van der Waals surface area contributed by atoms with Crippen LogP contribution in [-0.2, 0) is 14.3 Å². The number of carbonyl (C=O) groups is 2. The highest BCUT2D eigenvalue weighted by atomic mass is 16.5. The minimum Gasteiger partial charge on any atom is -0.477 e. The second-order valence-electron chi connectivity index (χ2n) is 6.54. The number of aromatic amines is 1. The molecule has 0 bridgehead atoms. The minimum atomic E-state index is -1.35. The number of aliphatic carboxylic acids is 1. The summed E-state index contributed by atoms with van der Waals surface area (Å²) in [6.45, 7) is 3.86. The fraction of sp³-hybridized carbons (Fsp3) is 0.0952. The van der Waals surface area contributed by atoms with Gasteiger partial charge in [0.05, 0.1) is 0 Å². The molecule has 7 nitrogen and oxygen atoms in total. The van der Waals surface area contributed by atoms with Gasteiger partial charge >= 0.3 is 5.97 Å². The Morgan fingerprint density at radius 1 is 1.29 bits per heavy atom. The number of rotatable bonds is 4. The quantitative estimate of drug-likeness (QED) is 0.476. The van der Waals surface area contributed by atoms with E-state index in [4.69, 9.17) is 4.74 Å². The number of carboxylic acids is 1. The number of nitrogens with one attached hydrogen (secondary N) is 2. The standard InChI is InChI=1S/C21H17N3O4/c1-11-5-6-15(12(2)8-11)24-20-17(21(26)27)18(25)16(28-20)9-13-10-23-19-14(13)4-3-7-22-19/h3-10,24H,1-2H3,(H,22,23)(H,26,27). The molecular weight excluding hydrogens is 358 g/mol. The van der Waals surface area contributed by atoms with Gasteiger partial charge in [-0.25, -0.2) is 9.78 Å². The zero-order valence-corrected chi connectivity index (χ0v) is 15.2. The van der Waals surface area contributed by atoms with Crippen LogP contribution in [0.25, 0.3) is 17.1 Å². The second-order valence-corrected chi connectivity index (χ2v) is 6.54. The average molecular weight is 375 g/mol. The summed E-state index contributed by atoms with van der Waals surface area (Å²) in [4.78, 5) is 31.5. The van der Waals surface area contributed by atoms with E-state index in [1.165, 1.54) is 6.08 Å². The Kier molecular flexibility index (Phi) is 4.19. The Labute approximate surface area is 160 Å². The van der Waals surface area contributed by atoms with Crippen molar-refractivity contribution in [2.75, 3.05) is 5.32 Å². The molecule has 0 unspecified atom stereocenters. The van der Waals surface area contributed by atoms with Gasteiger partial charge in [0, 0.05) is 29.0 Å². The topological polar surface area (TPSA) is 104 Å². The van der Waals surface area contributed by atoms with Crippen molar-refractivity contribution >= 4 is 34.5 Å². The molecule has 1 aliphatic rings. The molecule has 3 heterocycles. The van der Waals surface area contributed by atoms with Crippen LogP contribution in [0.1, 0.15) is 16.7 Å². The summed E-state index contributed by atoms with van der Waals surface area (Å²) in [6.07, 6.45) is 4.86. The molecule has 0 aliphatic carbocycles. The lowest BCUT2D eigenvalue weighted by Gasteiger charge is -2.11. The van der Waals surface area contributed by atoms with E-state index >= 15 is 0 Å². The fourth-order valence-corrected chi connectivity index (χ4v) is 3.12. The summed E-state index contributed by atoms with van der Waals surface area (Å²) in [6, 6.07) is 9.30. The molecule has 0 amide bonds. The third-order valence-corrected chi connectivity index (χ3v) is 4.50. The summed E-state index contributed by atoms with van der Waals surface area (Å²) in [5.74, 6) is -2.18. The van der Waals surface area contributed by atoms with Crippen molar-refractivity contribution in [1.29, 1.82) is 0 Å². The van der Waals surface area contributed by atoms with Crippen molar-refractivity contribution < 1.29 is 19.4 Å². The first-order valence-electron chi connectivity index (χ1n) is 8.62. The van der Waals surface area contributed by atoms with Gasteiger partial charge in [0.2, 0.25) is 11.7 Å². The smallest absolute Gasteiger partial charge is 0.345 e. The van der Waals surface area contributed by atoms with Crippen molar-refractivity contribution in [3.63, 3.8) is 0 Å². The SMILES string of the molecule is Cc1ccc(NC2=C(C(=O)O)C(=O)C(=Cc3c[nH]c4ncccc34)O2)c(C)c1. The van der Waals surface area contributed by atoms with Crippen LogP contribution in [0.2, 0.25) is 0 Å². The van der Waals surface area contributed by atoms with Gasteiger partial charge in [0.25, 0.3) is 0 Å². The Morgan fingerprint density at radius 3 is 2.86 bits per heavy atom. The van der Waals surface area contributed by atoms with Gasteiger partial charge < -0.3 is 20.1 Å². The van der Waals surface area contributed by atoms with Crippen LogP contribution in [-0.4, -0.2) is 26.8 Å². The molecular formula is C21H17N3O4. The Balaban J connectivity index is 1.71. The number of H-pyrrole nitrogens is 1. The number of pyridine rings is 1. The minimum absolute atomic E-state index is 0.0607. The van der Waals surface area contributed by atoms with E-state index in [2.05, 4.69) is 15.3 Å². The third kappa shape index (κ3) is 3.03. The summed E-state index contributed by atoms with van der Waals surface area (Å²) < 4.78 is 5.62. The number of hydrogen-bond donors (Lipinski definition) is 3. The van der Waals surface area contributed by atoms with Crippen molar-refractivity contribution in [1.82, 2.24) is 9.97 Å². The second kappa shape index (κ2) is 6.70. The summed E-state index contributed by atoms with van der Waals surface area (Å²) in [5, 5.41) is 13.3. The molecule has 1 aliphatic heterocycles. The first-order valence-corrected chi connectivity index (χ1v) is 8.62. The lowest BCUT2D eigenvalue weighted by Crippen LogP contribution is -2.12. The van der Waals surface area contributed by atoms with Gasteiger partial charge in [-0.3, -0.25) is 4.79 Å². The molecule has 0 fully saturated rings. The van der Waals surface area contributed by atoms with Crippen LogP contribution in [0.3, 0.4) is 0 Å². The molecule has 0 saturated carbocycles.